The fourth-order valence-corrected chi connectivity index (χ4v) is 10.8. The van der Waals surface area contributed by atoms with Gasteiger partial charge >= 0.3 is 0 Å². The largest absolute Gasteiger partial charge is 0.256 e. The maximum atomic E-state index is 4.86. The standard InChI is InChI=1S/C58H32N2/c1-3-14-39-37(12-1)47(29-51-43-18-6-16-41-45-20-8-26-59-57(45)53(55(41)43)31-49(39)51)34-24-22-33(23-25-34)35-10-5-11-36(28-35)48-30-52-44-19-7-17-42-46-21-9-27-60-58(46)54(56(42)44)32-50(52)40-15-4-2-13-38(40)48/h1-32H. The highest BCUT2D eigenvalue weighted by Crippen LogP contribution is 2.52. The maximum absolute atomic E-state index is 4.86. The summed E-state index contributed by atoms with van der Waals surface area (Å²) in [6.45, 7) is 0. The summed E-state index contributed by atoms with van der Waals surface area (Å²) in [6, 6.07) is 67.6. The van der Waals surface area contributed by atoms with Gasteiger partial charge in [-0.05, 0) is 152 Å². The van der Waals surface area contributed by atoms with Crippen LogP contribution >= 0.6 is 0 Å². The van der Waals surface area contributed by atoms with Crippen molar-refractivity contribution in [3.05, 3.63) is 194 Å². The van der Waals surface area contributed by atoms with Crippen LogP contribution in [0.5, 0.6) is 0 Å². The highest BCUT2D eigenvalue weighted by Gasteiger charge is 2.26. The molecule has 2 aliphatic rings. The fourth-order valence-electron chi connectivity index (χ4n) is 10.8. The number of fused-ring (bicyclic) bond motifs is 14. The fraction of sp³-hybridized carbons (Fsp3) is 0. The molecule has 0 unspecified atom stereocenters. The first-order valence-electron chi connectivity index (χ1n) is 20.7. The van der Waals surface area contributed by atoms with Crippen LogP contribution in [0.3, 0.4) is 0 Å². The van der Waals surface area contributed by atoms with Crippen LogP contribution in [-0.4, -0.2) is 9.97 Å². The molecule has 0 aliphatic heterocycles. The minimum Gasteiger partial charge on any atom is -0.256 e. The molecule has 2 heterocycles. The van der Waals surface area contributed by atoms with Gasteiger partial charge in [0.05, 0.1) is 11.4 Å². The predicted molar refractivity (Wildman–Crippen MR) is 252 cm³/mol. The summed E-state index contributed by atoms with van der Waals surface area (Å²) in [5.41, 5.74) is 16.9. The van der Waals surface area contributed by atoms with Crippen molar-refractivity contribution in [1.82, 2.24) is 9.97 Å². The molecule has 0 amide bonds. The molecule has 2 aromatic heterocycles. The van der Waals surface area contributed by atoms with Crippen LogP contribution in [-0.2, 0) is 0 Å². The van der Waals surface area contributed by atoms with Crippen molar-refractivity contribution in [3.63, 3.8) is 0 Å². The molecule has 60 heavy (non-hydrogen) atoms. The number of hydrogen-bond donors (Lipinski definition) is 0. The third-order valence-corrected chi connectivity index (χ3v) is 13.4. The first-order valence-corrected chi connectivity index (χ1v) is 20.7. The molecule has 274 valence electrons. The second kappa shape index (κ2) is 11.8. The van der Waals surface area contributed by atoms with Crippen molar-refractivity contribution < 1.29 is 0 Å². The quantitative estimate of drug-likeness (QED) is 0.168. The van der Waals surface area contributed by atoms with Gasteiger partial charge in [0.25, 0.3) is 0 Å². The second-order valence-electron chi connectivity index (χ2n) is 16.4. The number of nitrogens with zero attached hydrogens (tertiary/aromatic N) is 2. The van der Waals surface area contributed by atoms with E-state index < -0.39 is 0 Å². The van der Waals surface area contributed by atoms with E-state index >= 15 is 0 Å². The molecular weight excluding hydrogens is 725 g/mol. The molecule has 12 aromatic rings. The molecule has 14 rings (SSSR count). The number of hydrogen-bond acceptors (Lipinski definition) is 2. The molecule has 0 radical (unpaired) electrons. The molecule has 0 fully saturated rings. The zero-order chi connectivity index (χ0) is 39.1. The molecule has 0 atom stereocenters. The number of rotatable bonds is 3. The third kappa shape index (κ3) is 4.27. The Kier molecular flexibility index (Phi) is 6.32. The zero-order valence-electron chi connectivity index (χ0n) is 32.4. The van der Waals surface area contributed by atoms with E-state index in [9.17, 15) is 0 Å². The first-order chi connectivity index (χ1) is 29.8. The average Bonchev–Trinajstić information content (AvgIpc) is 3.82. The summed E-state index contributed by atoms with van der Waals surface area (Å²) in [5, 5.41) is 15.3. The van der Waals surface area contributed by atoms with Crippen molar-refractivity contribution in [1.29, 1.82) is 0 Å². The van der Waals surface area contributed by atoms with E-state index in [2.05, 4.69) is 170 Å². The summed E-state index contributed by atoms with van der Waals surface area (Å²) in [7, 11) is 0. The topological polar surface area (TPSA) is 25.8 Å². The van der Waals surface area contributed by atoms with Crippen LogP contribution in [0, 0.1) is 0 Å². The Morgan fingerprint density at radius 3 is 1.20 bits per heavy atom. The molecule has 0 N–H and O–H groups in total. The van der Waals surface area contributed by atoms with Crippen LogP contribution in [0.2, 0.25) is 0 Å². The van der Waals surface area contributed by atoms with E-state index in [0.717, 1.165) is 11.4 Å². The van der Waals surface area contributed by atoms with Gasteiger partial charge in [-0.15, -0.1) is 0 Å². The third-order valence-electron chi connectivity index (χ3n) is 13.4. The Balaban J connectivity index is 0.907. The number of aromatic nitrogens is 2. The molecular formula is C58H32N2. The lowest BCUT2D eigenvalue weighted by molar-refractivity contribution is 1.35. The van der Waals surface area contributed by atoms with Gasteiger partial charge < -0.3 is 0 Å². The summed E-state index contributed by atoms with van der Waals surface area (Å²) in [6.07, 6.45) is 3.83. The van der Waals surface area contributed by atoms with Crippen molar-refractivity contribution in [2.45, 2.75) is 0 Å². The molecule has 2 heteroatoms. The normalized spacial score (nSPS) is 12.3. The van der Waals surface area contributed by atoms with E-state index in [1.54, 1.807) is 0 Å². The van der Waals surface area contributed by atoms with E-state index in [0.29, 0.717) is 0 Å². The van der Waals surface area contributed by atoms with Gasteiger partial charge in [0, 0.05) is 34.6 Å². The maximum Gasteiger partial charge on any atom is 0.0787 e. The zero-order valence-corrected chi connectivity index (χ0v) is 32.4. The minimum absolute atomic E-state index is 1.08. The Morgan fingerprint density at radius 2 is 0.633 bits per heavy atom. The monoisotopic (exact) mass is 756 g/mol. The molecule has 0 saturated carbocycles. The van der Waals surface area contributed by atoms with Gasteiger partial charge in [-0.2, -0.15) is 0 Å². The Labute approximate surface area is 345 Å². The summed E-state index contributed by atoms with van der Waals surface area (Å²) < 4.78 is 0. The summed E-state index contributed by atoms with van der Waals surface area (Å²) >= 11 is 0. The van der Waals surface area contributed by atoms with E-state index in [1.807, 2.05) is 24.5 Å². The van der Waals surface area contributed by atoms with Crippen LogP contribution in [0.25, 0.3) is 143 Å². The smallest absolute Gasteiger partial charge is 0.0787 e. The Bertz CT molecular complexity index is 3880. The van der Waals surface area contributed by atoms with Crippen molar-refractivity contribution in [2.24, 2.45) is 0 Å². The number of benzene rings is 10. The molecule has 0 saturated heterocycles. The summed E-state index contributed by atoms with van der Waals surface area (Å²) in [5.74, 6) is 0. The highest BCUT2D eigenvalue weighted by atomic mass is 14.7. The molecule has 10 aromatic carbocycles. The number of pyridine rings is 2. The SMILES string of the molecule is c1cc(-c2ccc(-c3cc4c5cccc6c5c(cc4c4ccccc34)-c3ncccc3-6)cc2)cc(-c2cc3c4cccc5c4c(cc3c3ccccc23)-c2ncccc2-5)c1. The lowest BCUT2D eigenvalue weighted by atomic mass is 9.88. The Morgan fingerprint density at radius 1 is 0.217 bits per heavy atom. The van der Waals surface area contributed by atoms with Crippen LogP contribution in [0.15, 0.2) is 194 Å². The molecule has 2 nitrogen and oxygen atoms in total. The van der Waals surface area contributed by atoms with Gasteiger partial charge in [0.2, 0.25) is 0 Å². The van der Waals surface area contributed by atoms with E-state index in [-0.39, 0.29) is 0 Å². The van der Waals surface area contributed by atoms with Gasteiger partial charge in [0.1, 0.15) is 0 Å². The van der Waals surface area contributed by atoms with Crippen LogP contribution < -0.4 is 0 Å². The van der Waals surface area contributed by atoms with Crippen molar-refractivity contribution >= 4 is 64.6 Å². The predicted octanol–water partition coefficient (Wildman–Crippen LogP) is 15.7. The van der Waals surface area contributed by atoms with E-state index in [4.69, 9.17) is 9.97 Å². The average molecular weight is 757 g/mol. The van der Waals surface area contributed by atoms with Gasteiger partial charge in [-0.1, -0.05) is 140 Å². The lowest BCUT2D eigenvalue weighted by Gasteiger charge is -2.16. The van der Waals surface area contributed by atoms with Crippen LogP contribution in [0.1, 0.15) is 0 Å². The Hall–Kier alpha value is -7.94. The van der Waals surface area contributed by atoms with Crippen molar-refractivity contribution in [3.8, 4) is 78.1 Å². The summed E-state index contributed by atoms with van der Waals surface area (Å²) in [4.78, 5) is 9.72. The second-order valence-corrected chi connectivity index (χ2v) is 16.4. The lowest BCUT2D eigenvalue weighted by Crippen LogP contribution is -1.89. The van der Waals surface area contributed by atoms with Gasteiger partial charge in [0.15, 0.2) is 0 Å². The highest BCUT2D eigenvalue weighted by molar-refractivity contribution is 6.30. The first kappa shape index (κ1) is 32.1. The van der Waals surface area contributed by atoms with Gasteiger partial charge in [-0.3, -0.25) is 9.97 Å². The van der Waals surface area contributed by atoms with E-state index in [1.165, 1.54) is 131 Å². The van der Waals surface area contributed by atoms with Crippen LogP contribution in [0.4, 0.5) is 0 Å². The van der Waals surface area contributed by atoms with Gasteiger partial charge in [-0.25, -0.2) is 0 Å². The molecule has 0 spiro atoms. The molecule has 2 aliphatic carbocycles. The van der Waals surface area contributed by atoms with Crippen molar-refractivity contribution in [2.75, 3.05) is 0 Å². The minimum atomic E-state index is 1.08. The molecule has 0 bridgehead atoms.